The number of Topliss-reactive ketones (excluding diaryl/α,β-unsaturated/α-hetero) is 2. The number of ketones is 2. The number of benzene rings is 1. The van der Waals surface area contributed by atoms with Crippen molar-refractivity contribution in [2.75, 3.05) is 13.7 Å². The van der Waals surface area contributed by atoms with Gasteiger partial charge in [-0.25, -0.2) is 9.59 Å². The van der Waals surface area contributed by atoms with Crippen LogP contribution in [0.4, 0.5) is 4.79 Å². The molecular formula is C31H36O12. The molecule has 3 fully saturated rings. The summed E-state index contributed by atoms with van der Waals surface area (Å²) in [6.07, 6.45) is -7.84. The molecule has 1 aromatic rings. The van der Waals surface area contributed by atoms with Crippen LogP contribution in [-0.2, 0) is 38.1 Å². The van der Waals surface area contributed by atoms with Crippen molar-refractivity contribution >= 4 is 29.7 Å². The molecular weight excluding hydrogens is 564 g/mol. The van der Waals surface area contributed by atoms with Gasteiger partial charge in [0.1, 0.15) is 17.8 Å². The van der Waals surface area contributed by atoms with E-state index >= 15 is 0 Å². The summed E-state index contributed by atoms with van der Waals surface area (Å²) in [6, 6.07) is 7.93. The molecule has 12 nitrogen and oxygen atoms in total. The zero-order valence-electron chi connectivity index (χ0n) is 24.9. The highest BCUT2D eigenvalue weighted by molar-refractivity contribution is 6.02. The number of aliphatic hydroxyl groups excluding tert-OH is 1. The van der Waals surface area contributed by atoms with Gasteiger partial charge in [0.25, 0.3) is 0 Å². The fourth-order valence-electron chi connectivity index (χ4n) is 7.70. The first-order chi connectivity index (χ1) is 20.1. The van der Waals surface area contributed by atoms with Crippen molar-refractivity contribution in [3.8, 4) is 0 Å². The first-order valence-electron chi connectivity index (χ1n) is 14.1. The molecule has 0 aromatic heterocycles. The third-order valence-corrected chi connectivity index (χ3v) is 10.1. The summed E-state index contributed by atoms with van der Waals surface area (Å²) in [6.45, 7) is 6.88. The number of fused-ring (bicyclic) bond motifs is 5. The van der Waals surface area contributed by atoms with Gasteiger partial charge in [0, 0.05) is 25.2 Å². The summed E-state index contributed by atoms with van der Waals surface area (Å²) in [7, 11) is 1.05. The molecule has 1 aromatic carbocycles. The Bertz CT molecular complexity index is 1410. The van der Waals surface area contributed by atoms with E-state index in [0.717, 1.165) is 7.11 Å². The van der Waals surface area contributed by atoms with Crippen LogP contribution in [0.2, 0.25) is 0 Å². The number of esters is 2. The summed E-state index contributed by atoms with van der Waals surface area (Å²) in [5, 5.41) is 24.5. The van der Waals surface area contributed by atoms with Gasteiger partial charge < -0.3 is 33.9 Å². The van der Waals surface area contributed by atoms with Crippen LogP contribution in [0.15, 0.2) is 41.5 Å². The number of carbonyl (C=O) groups is 5. The molecule has 4 aliphatic rings. The fraction of sp³-hybridized carbons (Fsp3) is 0.581. The topological polar surface area (TPSA) is 172 Å². The van der Waals surface area contributed by atoms with E-state index in [-0.39, 0.29) is 29.7 Å². The summed E-state index contributed by atoms with van der Waals surface area (Å²) < 4.78 is 28.0. The predicted molar refractivity (Wildman–Crippen MR) is 145 cm³/mol. The summed E-state index contributed by atoms with van der Waals surface area (Å²) in [5.74, 6) is -4.48. The maximum Gasteiger partial charge on any atom is 0.509 e. The standard InChI is InChI=1S/C31H36O12/c1-15-18(33)13-31(38)25(42-26(36)17-10-8-7-9-11-17)23-29(5,19(34)12-20-30(23,14-40-20)43-16(2)32)24(35)22(41-27(37)39-6)21(15)28(31,3)4/h7-11,19-20,22-23,25,34,38H,12-14H2,1-6H3/t19-,20+,22+,23-,25-,29+,30-,31+/m0/s1. The molecule has 8 atom stereocenters. The van der Waals surface area contributed by atoms with Crippen molar-refractivity contribution in [3.63, 3.8) is 0 Å². The number of methoxy groups -OCH3 is 1. The second kappa shape index (κ2) is 10.2. The highest BCUT2D eigenvalue weighted by Crippen LogP contribution is 2.63. The Labute approximate surface area is 248 Å². The highest BCUT2D eigenvalue weighted by Gasteiger charge is 2.78. The average molecular weight is 601 g/mol. The van der Waals surface area contributed by atoms with Crippen molar-refractivity contribution < 1.29 is 57.9 Å². The number of rotatable bonds is 4. The van der Waals surface area contributed by atoms with E-state index in [0.29, 0.717) is 0 Å². The molecule has 5 rings (SSSR count). The van der Waals surface area contributed by atoms with Crippen LogP contribution < -0.4 is 0 Å². The molecule has 232 valence electrons. The van der Waals surface area contributed by atoms with Gasteiger partial charge in [-0.2, -0.15) is 0 Å². The van der Waals surface area contributed by atoms with E-state index < -0.39 is 88.4 Å². The maximum absolute atomic E-state index is 14.8. The van der Waals surface area contributed by atoms with Crippen LogP contribution in [0.5, 0.6) is 0 Å². The Kier molecular flexibility index (Phi) is 7.34. The van der Waals surface area contributed by atoms with Crippen LogP contribution in [0.1, 0.15) is 57.8 Å². The van der Waals surface area contributed by atoms with Crippen molar-refractivity contribution in [2.45, 2.75) is 83.1 Å². The smallest absolute Gasteiger partial charge is 0.455 e. The molecule has 1 heterocycles. The molecule has 2 N–H and O–H groups in total. The quantitative estimate of drug-likeness (QED) is 0.381. The largest absolute Gasteiger partial charge is 0.509 e. The van der Waals surface area contributed by atoms with Gasteiger partial charge >= 0.3 is 18.1 Å². The molecule has 2 saturated carbocycles. The normalized spacial score (nSPS) is 37.9. The molecule has 0 amide bonds. The number of ether oxygens (including phenoxy) is 5. The summed E-state index contributed by atoms with van der Waals surface area (Å²) in [4.78, 5) is 67.2. The number of carbonyl (C=O) groups excluding carboxylic acids is 5. The van der Waals surface area contributed by atoms with E-state index in [1.807, 2.05) is 0 Å². The number of aliphatic hydroxyl groups is 2. The molecule has 1 saturated heterocycles. The Balaban J connectivity index is 1.84. The third kappa shape index (κ3) is 4.25. The van der Waals surface area contributed by atoms with Gasteiger partial charge in [0.05, 0.1) is 36.7 Å². The number of hydrogen-bond donors (Lipinski definition) is 2. The van der Waals surface area contributed by atoms with Gasteiger partial charge in [-0.1, -0.05) is 32.0 Å². The number of allylic oxidation sites excluding steroid dienone is 1. The Morgan fingerprint density at radius 1 is 1.05 bits per heavy atom. The minimum absolute atomic E-state index is 0.0113. The predicted octanol–water partition coefficient (Wildman–Crippen LogP) is 2.08. The first kappa shape index (κ1) is 30.8. The van der Waals surface area contributed by atoms with Crippen molar-refractivity contribution in [1.82, 2.24) is 0 Å². The number of hydrogen-bond acceptors (Lipinski definition) is 12. The monoisotopic (exact) mass is 600 g/mol. The average Bonchev–Trinajstić information content (AvgIpc) is 2.95. The van der Waals surface area contributed by atoms with Gasteiger partial charge in [-0.3, -0.25) is 14.4 Å². The molecule has 0 unspecified atom stereocenters. The third-order valence-electron chi connectivity index (χ3n) is 10.1. The summed E-state index contributed by atoms with van der Waals surface area (Å²) in [5.41, 5.74) is -7.23. The van der Waals surface area contributed by atoms with Gasteiger partial charge in [-0.05, 0) is 37.1 Å². The SMILES string of the molecule is COC(=O)O[C@H]1C(=O)[C@@]2(C)[C@H]([C@H](OC(=O)c3ccccc3)[C@]3(O)CC(=O)C(C)=C1C3(C)C)[C@]1(OC(C)=O)CO[C@@H]1C[C@@H]2O. The Morgan fingerprint density at radius 3 is 2.26 bits per heavy atom. The maximum atomic E-state index is 14.8. The molecule has 2 bridgehead atoms. The zero-order chi connectivity index (χ0) is 31.7. The first-order valence-corrected chi connectivity index (χ1v) is 14.1. The van der Waals surface area contributed by atoms with E-state index in [2.05, 4.69) is 0 Å². The lowest BCUT2D eigenvalue weighted by atomic mass is 9.44. The lowest BCUT2D eigenvalue weighted by molar-refractivity contribution is -0.344. The molecule has 12 heteroatoms. The van der Waals surface area contributed by atoms with Crippen molar-refractivity contribution in [3.05, 3.63) is 47.0 Å². The Morgan fingerprint density at radius 2 is 1.70 bits per heavy atom. The van der Waals surface area contributed by atoms with Crippen molar-refractivity contribution in [1.29, 1.82) is 0 Å². The Hall–Kier alpha value is -3.61. The van der Waals surface area contributed by atoms with E-state index in [9.17, 15) is 34.2 Å². The molecule has 0 spiro atoms. The minimum Gasteiger partial charge on any atom is -0.455 e. The second-order valence-corrected chi connectivity index (χ2v) is 12.6. The fourth-order valence-corrected chi connectivity index (χ4v) is 7.70. The van der Waals surface area contributed by atoms with Crippen LogP contribution in [-0.4, -0.2) is 89.2 Å². The second-order valence-electron chi connectivity index (χ2n) is 12.6. The molecule has 1 aliphatic heterocycles. The van der Waals surface area contributed by atoms with Crippen LogP contribution >= 0.6 is 0 Å². The van der Waals surface area contributed by atoms with E-state index in [1.54, 1.807) is 32.0 Å². The van der Waals surface area contributed by atoms with Gasteiger partial charge in [-0.15, -0.1) is 0 Å². The molecule has 0 radical (unpaired) electrons. The molecule has 43 heavy (non-hydrogen) atoms. The lowest BCUT2D eigenvalue weighted by Gasteiger charge is -2.67. The highest BCUT2D eigenvalue weighted by atomic mass is 16.7. The van der Waals surface area contributed by atoms with Gasteiger partial charge in [0.2, 0.25) is 0 Å². The van der Waals surface area contributed by atoms with Crippen LogP contribution in [0.3, 0.4) is 0 Å². The molecule has 3 aliphatic carbocycles. The summed E-state index contributed by atoms with van der Waals surface area (Å²) >= 11 is 0. The van der Waals surface area contributed by atoms with E-state index in [1.165, 1.54) is 32.9 Å². The van der Waals surface area contributed by atoms with Crippen LogP contribution in [0, 0.1) is 16.7 Å². The zero-order valence-corrected chi connectivity index (χ0v) is 24.9. The minimum atomic E-state index is -2.25. The van der Waals surface area contributed by atoms with Crippen LogP contribution in [0.25, 0.3) is 0 Å². The lowest BCUT2D eigenvalue weighted by Crippen LogP contribution is -2.81. The van der Waals surface area contributed by atoms with Gasteiger partial charge in [0.15, 0.2) is 23.3 Å². The van der Waals surface area contributed by atoms with E-state index in [4.69, 9.17) is 23.7 Å². The van der Waals surface area contributed by atoms with Crippen molar-refractivity contribution in [2.24, 2.45) is 16.7 Å².